The smallest absolute Gasteiger partial charge is 0.285 e. The van der Waals surface area contributed by atoms with Gasteiger partial charge in [-0.15, -0.1) is 0 Å². The first kappa shape index (κ1) is 20.0. The van der Waals surface area contributed by atoms with E-state index in [1.54, 1.807) is 26.0 Å². The fourth-order valence-electron chi connectivity index (χ4n) is 2.36. The molecule has 0 radical (unpaired) electrons. The van der Waals surface area contributed by atoms with Gasteiger partial charge in [-0.05, 0) is 50.6 Å². The van der Waals surface area contributed by atoms with Crippen LogP contribution in [0.4, 0.5) is 0 Å². The Morgan fingerprint density at radius 1 is 1.22 bits per heavy atom. The Hall–Kier alpha value is -3.34. The molecule has 0 saturated heterocycles. The number of nitrogens with zero attached hydrogens (tertiary/aromatic N) is 3. The van der Waals surface area contributed by atoms with E-state index in [0.717, 1.165) is 10.4 Å². The van der Waals surface area contributed by atoms with Crippen LogP contribution < -0.4 is 20.3 Å². The Morgan fingerprint density at radius 2 is 1.85 bits per heavy atom. The minimum absolute atomic E-state index is 0.00846. The summed E-state index contributed by atoms with van der Waals surface area (Å²) in [5, 5.41) is 15.8. The predicted molar refractivity (Wildman–Crippen MR) is 98.8 cm³/mol. The van der Waals surface area contributed by atoms with Gasteiger partial charge < -0.3 is 14.8 Å². The maximum Gasteiger partial charge on any atom is 0.285 e. The van der Waals surface area contributed by atoms with Gasteiger partial charge in [-0.25, -0.2) is 4.68 Å². The van der Waals surface area contributed by atoms with E-state index in [0.29, 0.717) is 23.6 Å². The van der Waals surface area contributed by atoms with Crippen molar-refractivity contribution in [2.75, 3.05) is 19.8 Å². The van der Waals surface area contributed by atoms with E-state index in [4.69, 9.17) is 14.7 Å². The standard InChI is InChI=1S/C19H22N4O4/c1-4-26-15-5-7-16(8-6-15)27-10-9-21-18(24)12-23-19(25)17(11-20)13(2)14(3)22-23/h5-8H,4,9-10,12H2,1-3H3,(H,21,24). The lowest BCUT2D eigenvalue weighted by Crippen LogP contribution is -2.37. The molecule has 2 aromatic rings. The molecule has 0 aliphatic rings. The van der Waals surface area contributed by atoms with Crippen LogP contribution in [0.2, 0.25) is 0 Å². The summed E-state index contributed by atoms with van der Waals surface area (Å²) in [6.07, 6.45) is 0. The van der Waals surface area contributed by atoms with Crippen LogP contribution in [-0.4, -0.2) is 35.4 Å². The number of aryl methyl sites for hydroxylation is 1. The second-order valence-electron chi connectivity index (χ2n) is 5.76. The number of hydrogen-bond acceptors (Lipinski definition) is 6. The number of aromatic nitrogens is 2. The third-order valence-electron chi connectivity index (χ3n) is 3.87. The lowest BCUT2D eigenvalue weighted by Gasteiger charge is -2.10. The minimum atomic E-state index is -0.568. The highest BCUT2D eigenvalue weighted by atomic mass is 16.5. The van der Waals surface area contributed by atoms with E-state index in [9.17, 15) is 9.59 Å². The monoisotopic (exact) mass is 370 g/mol. The molecule has 8 heteroatoms. The number of ether oxygens (including phenoxy) is 2. The molecule has 0 aliphatic carbocycles. The van der Waals surface area contributed by atoms with Crippen LogP contribution in [0.5, 0.6) is 11.5 Å². The first-order valence-electron chi connectivity index (χ1n) is 8.57. The SMILES string of the molecule is CCOc1ccc(OCCNC(=O)Cn2nc(C)c(C)c(C#N)c2=O)cc1. The third kappa shape index (κ3) is 5.31. The number of hydrogen-bond donors (Lipinski definition) is 1. The fourth-order valence-corrected chi connectivity index (χ4v) is 2.36. The highest BCUT2D eigenvalue weighted by Crippen LogP contribution is 2.17. The molecule has 0 fully saturated rings. The van der Waals surface area contributed by atoms with Crippen molar-refractivity contribution in [3.05, 3.63) is 51.4 Å². The normalized spacial score (nSPS) is 10.1. The highest BCUT2D eigenvalue weighted by Gasteiger charge is 2.13. The molecule has 27 heavy (non-hydrogen) atoms. The predicted octanol–water partition coefficient (Wildman–Crippen LogP) is 1.33. The second-order valence-corrected chi connectivity index (χ2v) is 5.76. The summed E-state index contributed by atoms with van der Waals surface area (Å²) in [4.78, 5) is 24.2. The van der Waals surface area contributed by atoms with Crippen LogP contribution in [0.3, 0.4) is 0 Å². The summed E-state index contributed by atoms with van der Waals surface area (Å²) in [5.41, 5.74) is 0.510. The van der Waals surface area contributed by atoms with Gasteiger partial charge >= 0.3 is 0 Å². The van der Waals surface area contributed by atoms with Gasteiger partial charge in [-0.3, -0.25) is 9.59 Å². The zero-order valence-corrected chi connectivity index (χ0v) is 15.6. The van der Waals surface area contributed by atoms with Gasteiger partial charge in [-0.1, -0.05) is 0 Å². The van der Waals surface area contributed by atoms with Gasteiger partial charge in [0.1, 0.15) is 36.3 Å². The zero-order valence-electron chi connectivity index (χ0n) is 15.6. The summed E-state index contributed by atoms with van der Waals surface area (Å²) in [7, 11) is 0. The van der Waals surface area contributed by atoms with Gasteiger partial charge in [0.2, 0.25) is 5.91 Å². The van der Waals surface area contributed by atoms with E-state index in [1.165, 1.54) is 0 Å². The molecule has 0 spiro atoms. The minimum Gasteiger partial charge on any atom is -0.494 e. The molecule has 0 saturated carbocycles. The number of carbonyl (C=O) groups is 1. The summed E-state index contributed by atoms with van der Waals surface area (Å²) < 4.78 is 11.9. The molecule has 8 nitrogen and oxygen atoms in total. The van der Waals surface area contributed by atoms with Gasteiger partial charge in [-0.2, -0.15) is 10.4 Å². The average Bonchev–Trinajstić information content (AvgIpc) is 2.65. The molecule has 1 N–H and O–H groups in total. The van der Waals surface area contributed by atoms with Crippen molar-refractivity contribution < 1.29 is 14.3 Å². The van der Waals surface area contributed by atoms with E-state index in [1.807, 2.05) is 25.1 Å². The molecule has 0 aliphatic heterocycles. The Balaban J connectivity index is 1.84. The Bertz CT molecular complexity index is 898. The van der Waals surface area contributed by atoms with Crippen LogP contribution in [0.15, 0.2) is 29.1 Å². The van der Waals surface area contributed by atoms with Crippen LogP contribution >= 0.6 is 0 Å². The van der Waals surface area contributed by atoms with E-state index in [-0.39, 0.29) is 31.2 Å². The molecule has 142 valence electrons. The lowest BCUT2D eigenvalue weighted by atomic mass is 10.1. The molecule has 1 heterocycles. The van der Waals surface area contributed by atoms with Crippen LogP contribution in [0, 0.1) is 25.2 Å². The number of benzene rings is 1. The van der Waals surface area contributed by atoms with Crippen LogP contribution in [0.25, 0.3) is 0 Å². The molecule has 1 amide bonds. The summed E-state index contributed by atoms with van der Waals surface area (Å²) in [5.74, 6) is 1.05. The Morgan fingerprint density at radius 3 is 2.44 bits per heavy atom. The summed E-state index contributed by atoms with van der Waals surface area (Å²) in [6.45, 7) is 6.16. The molecule has 1 aromatic heterocycles. The van der Waals surface area contributed by atoms with Crippen molar-refractivity contribution in [3.63, 3.8) is 0 Å². The highest BCUT2D eigenvalue weighted by molar-refractivity contribution is 5.75. The van der Waals surface area contributed by atoms with E-state index < -0.39 is 5.56 Å². The number of carbonyl (C=O) groups excluding carboxylic acids is 1. The molecular formula is C19H22N4O4. The molecule has 2 rings (SSSR count). The van der Waals surface area contributed by atoms with Gasteiger partial charge in [0.05, 0.1) is 18.8 Å². The largest absolute Gasteiger partial charge is 0.494 e. The van der Waals surface area contributed by atoms with Crippen molar-refractivity contribution in [1.29, 1.82) is 5.26 Å². The first-order chi connectivity index (χ1) is 13.0. The van der Waals surface area contributed by atoms with Crippen molar-refractivity contribution in [2.24, 2.45) is 0 Å². The number of rotatable bonds is 8. The zero-order chi connectivity index (χ0) is 19.8. The number of amides is 1. The molecular weight excluding hydrogens is 348 g/mol. The quantitative estimate of drug-likeness (QED) is 0.703. The van der Waals surface area contributed by atoms with Crippen molar-refractivity contribution in [3.8, 4) is 17.6 Å². The number of nitrogens with one attached hydrogen (secondary N) is 1. The van der Waals surface area contributed by atoms with Gasteiger partial charge in [0, 0.05) is 0 Å². The van der Waals surface area contributed by atoms with E-state index in [2.05, 4.69) is 10.4 Å². The molecule has 1 aromatic carbocycles. The average molecular weight is 370 g/mol. The van der Waals surface area contributed by atoms with Crippen LogP contribution in [0.1, 0.15) is 23.7 Å². The lowest BCUT2D eigenvalue weighted by molar-refractivity contribution is -0.122. The van der Waals surface area contributed by atoms with Crippen molar-refractivity contribution in [1.82, 2.24) is 15.1 Å². The Labute approximate surface area is 157 Å². The topological polar surface area (TPSA) is 106 Å². The molecule has 0 atom stereocenters. The van der Waals surface area contributed by atoms with E-state index >= 15 is 0 Å². The number of nitriles is 1. The van der Waals surface area contributed by atoms with Gasteiger partial charge in [0.25, 0.3) is 5.56 Å². The second kappa shape index (κ2) is 9.38. The van der Waals surface area contributed by atoms with Crippen LogP contribution in [-0.2, 0) is 11.3 Å². The summed E-state index contributed by atoms with van der Waals surface area (Å²) >= 11 is 0. The summed E-state index contributed by atoms with van der Waals surface area (Å²) in [6, 6.07) is 9.05. The van der Waals surface area contributed by atoms with Crippen molar-refractivity contribution >= 4 is 5.91 Å². The fraction of sp³-hybridized carbons (Fsp3) is 0.368. The van der Waals surface area contributed by atoms with Crippen molar-refractivity contribution in [2.45, 2.75) is 27.3 Å². The molecule has 0 bridgehead atoms. The maximum absolute atomic E-state index is 12.2. The maximum atomic E-state index is 12.2. The third-order valence-corrected chi connectivity index (χ3v) is 3.87. The first-order valence-corrected chi connectivity index (χ1v) is 8.57. The Kier molecular flexibility index (Phi) is 6.94. The molecule has 0 unspecified atom stereocenters. The van der Waals surface area contributed by atoms with Gasteiger partial charge in [0.15, 0.2) is 0 Å².